The monoisotopic (exact) mass is 293 g/mol. The van der Waals surface area contributed by atoms with Gasteiger partial charge >= 0.3 is 5.97 Å². The molecular weight excluding hydrogens is 274 g/mol. The molecule has 20 heavy (non-hydrogen) atoms. The van der Waals surface area contributed by atoms with E-state index in [0.29, 0.717) is 0 Å². The highest BCUT2D eigenvalue weighted by Crippen LogP contribution is 2.43. The molecule has 5 heteroatoms. The Morgan fingerprint density at radius 3 is 2.35 bits per heavy atom. The quantitative estimate of drug-likeness (QED) is 0.488. The molecule has 1 aliphatic heterocycles. The maximum Gasteiger partial charge on any atom is 0.303 e. The van der Waals surface area contributed by atoms with Gasteiger partial charge < -0.3 is 4.74 Å². The molecule has 0 aromatic heterocycles. The summed E-state index contributed by atoms with van der Waals surface area (Å²) in [5.41, 5.74) is -0.157. The third-order valence-corrected chi connectivity index (χ3v) is 4.21. The summed E-state index contributed by atoms with van der Waals surface area (Å²) >= 11 is 1.40. The largest absolute Gasteiger partial charge is 0.450 e. The van der Waals surface area contributed by atoms with E-state index < -0.39 is 12.1 Å². The van der Waals surface area contributed by atoms with Crippen molar-refractivity contribution in [2.24, 2.45) is 5.41 Å². The zero-order valence-electron chi connectivity index (χ0n) is 12.1. The van der Waals surface area contributed by atoms with Gasteiger partial charge in [0.1, 0.15) is 0 Å². The summed E-state index contributed by atoms with van der Waals surface area (Å²) in [5.74, 6) is -0.559. The highest BCUT2D eigenvalue weighted by Gasteiger charge is 2.55. The average molecular weight is 293 g/mol. The van der Waals surface area contributed by atoms with Crippen LogP contribution in [0.3, 0.4) is 0 Å². The number of rotatable bonds is 3. The first kappa shape index (κ1) is 14.9. The van der Waals surface area contributed by atoms with Crippen molar-refractivity contribution in [1.29, 1.82) is 0 Å². The topological polar surface area (TPSA) is 46.6 Å². The molecule has 2 atom stereocenters. The van der Waals surface area contributed by atoms with Crippen molar-refractivity contribution in [2.45, 2.75) is 44.7 Å². The third kappa shape index (κ3) is 2.98. The number of hydrogen-bond donors (Lipinski definition) is 0. The van der Waals surface area contributed by atoms with E-state index in [1.807, 2.05) is 51.1 Å². The highest BCUT2D eigenvalue weighted by molar-refractivity contribution is 7.97. The number of carbonyl (C=O) groups excluding carboxylic acids is 2. The molecule has 0 spiro atoms. The fraction of sp³-hybridized carbons (Fsp3) is 0.467. The Hall–Kier alpha value is -1.49. The van der Waals surface area contributed by atoms with Crippen LogP contribution in [0.4, 0.5) is 0 Å². The molecule has 1 heterocycles. The van der Waals surface area contributed by atoms with Crippen LogP contribution >= 0.6 is 11.9 Å². The lowest BCUT2D eigenvalue weighted by molar-refractivity contribution is -0.179. The van der Waals surface area contributed by atoms with Gasteiger partial charge in [-0.15, -0.1) is 0 Å². The van der Waals surface area contributed by atoms with Crippen molar-refractivity contribution in [3.8, 4) is 0 Å². The molecule has 1 fully saturated rings. The summed E-state index contributed by atoms with van der Waals surface area (Å²) < 4.78 is 6.87. The third-order valence-electron chi connectivity index (χ3n) is 3.13. The first-order chi connectivity index (χ1) is 9.30. The number of ether oxygens (including phenoxy) is 1. The molecule has 0 saturated carbocycles. The lowest BCUT2D eigenvalue weighted by atomic mass is 9.78. The smallest absolute Gasteiger partial charge is 0.303 e. The Bertz CT molecular complexity index is 510. The Balaban J connectivity index is 2.16. The molecule has 4 nitrogen and oxygen atoms in total. The van der Waals surface area contributed by atoms with Crippen LogP contribution in [0, 0.1) is 5.41 Å². The molecule has 2 rings (SSSR count). The normalized spacial score (nSPS) is 22.4. The van der Waals surface area contributed by atoms with E-state index in [2.05, 4.69) is 0 Å². The maximum atomic E-state index is 12.2. The molecule has 1 aromatic rings. The molecule has 0 aliphatic carbocycles. The van der Waals surface area contributed by atoms with E-state index in [1.54, 1.807) is 4.31 Å². The number of carbonyl (C=O) groups is 2. The van der Waals surface area contributed by atoms with Gasteiger partial charge in [0, 0.05) is 11.8 Å². The predicted octanol–water partition coefficient (Wildman–Crippen LogP) is 2.88. The molecule has 1 amide bonds. The van der Waals surface area contributed by atoms with Crippen LogP contribution in [-0.2, 0) is 14.3 Å². The van der Waals surface area contributed by atoms with Gasteiger partial charge in [0.25, 0.3) is 5.91 Å². The maximum absolute atomic E-state index is 12.2. The Labute approximate surface area is 123 Å². The van der Waals surface area contributed by atoms with Crippen LogP contribution in [0.15, 0.2) is 35.2 Å². The summed E-state index contributed by atoms with van der Waals surface area (Å²) in [6.45, 7) is 7.46. The van der Waals surface area contributed by atoms with E-state index in [-0.39, 0.29) is 17.4 Å². The number of benzene rings is 1. The number of esters is 1. The summed E-state index contributed by atoms with van der Waals surface area (Å²) in [6.07, 6.45) is -0.663. The van der Waals surface area contributed by atoms with Crippen LogP contribution < -0.4 is 0 Å². The molecule has 0 radical (unpaired) electrons. The molecule has 108 valence electrons. The van der Waals surface area contributed by atoms with Crippen LogP contribution in [-0.4, -0.2) is 28.3 Å². The molecule has 0 bridgehead atoms. The highest BCUT2D eigenvalue weighted by atomic mass is 32.2. The van der Waals surface area contributed by atoms with Gasteiger partial charge in [-0.2, -0.15) is 0 Å². The summed E-state index contributed by atoms with van der Waals surface area (Å²) in [7, 11) is 0. The molecule has 1 saturated heterocycles. The fourth-order valence-corrected chi connectivity index (χ4v) is 3.47. The zero-order chi connectivity index (χ0) is 14.9. The van der Waals surface area contributed by atoms with Gasteiger partial charge in [0.15, 0.2) is 0 Å². The second kappa shape index (κ2) is 5.48. The molecule has 1 aliphatic rings. The van der Waals surface area contributed by atoms with Gasteiger partial charge in [-0.05, 0) is 29.5 Å². The van der Waals surface area contributed by atoms with Crippen LogP contribution in [0.5, 0.6) is 0 Å². The lowest BCUT2D eigenvalue weighted by Crippen LogP contribution is -2.67. The predicted molar refractivity (Wildman–Crippen MR) is 77.9 cm³/mol. The summed E-state index contributed by atoms with van der Waals surface area (Å²) in [5, 5.41) is 0. The molecule has 0 unspecified atom stereocenters. The van der Waals surface area contributed by atoms with Crippen molar-refractivity contribution < 1.29 is 14.3 Å². The van der Waals surface area contributed by atoms with Crippen molar-refractivity contribution in [3.63, 3.8) is 0 Å². The van der Waals surface area contributed by atoms with Crippen LogP contribution in [0.2, 0.25) is 0 Å². The summed E-state index contributed by atoms with van der Waals surface area (Å²) in [6, 6.07) is 9.59. The van der Waals surface area contributed by atoms with E-state index in [1.165, 1.54) is 18.9 Å². The van der Waals surface area contributed by atoms with Crippen molar-refractivity contribution in [2.75, 3.05) is 0 Å². The number of nitrogens with zero attached hydrogens (tertiary/aromatic N) is 1. The number of hydrogen-bond acceptors (Lipinski definition) is 4. The van der Waals surface area contributed by atoms with Gasteiger partial charge in [-0.3, -0.25) is 13.9 Å². The van der Waals surface area contributed by atoms with E-state index in [9.17, 15) is 9.59 Å². The Morgan fingerprint density at radius 1 is 1.25 bits per heavy atom. The minimum absolute atomic E-state index is 0.121. The lowest BCUT2D eigenvalue weighted by Gasteiger charge is -2.50. The second-order valence-corrected chi connectivity index (χ2v) is 6.96. The number of amides is 1. The van der Waals surface area contributed by atoms with Gasteiger partial charge in [0.05, 0.1) is 6.04 Å². The minimum Gasteiger partial charge on any atom is -0.450 e. The first-order valence-corrected chi connectivity index (χ1v) is 7.31. The van der Waals surface area contributed by atoms with E-state index in [0.717, 1.165) is 4.90 Å². The van der Waals surface area contributed by atoms with Gasteiger partial charge in [0.2, 0.25) is 6.10 Å². The van der Waals surface area contributed by atoms with Crippen molar-refractivity contribution in [3.05, 3.63) is 30.3 Å². The minimum atomic E-state index is -0.663. The Kier molecular flexibility index (Phi) is 4.09. The molecular formula is C15H19NO3S. The van der Waals surface area contributed by atoms with Crippen molar-refractivity contribution in [1.82, 2.24) is 4.31 Å². The standard InChI is InChI=1S/C15H19NO3S/c1-10(17)19-12-13(15(2,3)4)16(14(12)18)20-11-8-6-5-7-9-11/h5-9,12-13H,1-4H3/t12-,13+/m0/s1. The van der Waals surface area contributed by atoms with Crippen LogP contribution in [0.25, 0.3) is 0 Å². The molecule has 0 N–H and O–H groups in total. The van der Waals surface area contributed by atoms with Crippen LogP contribution in [0.1, 0.15) is 27.7 Å². The second-order valence-electron chi connectivity index (χ2n) is 5.91. The van der Waals surface area contributed by atoms with E-state index >= 15 is 0 Å². The fourth-order valence-electron chi connectivity index (χ4n) is 2.23. The average Bonchev–Trinajstić information content (AvgIpc) is 2.36. The van der Waals surface area contributed by atoms with Gasteiger partial charge in [-0.1, -0.05) is 39.0 Å². The molecule has 1 aromatic carbocycles. The first-order valence-electron chi connectivity index (χ1n) is 6.54. The Morgan fingerprint density at radius 2 is 1.85 bits per heavy atom. The SMILES string of the molecule is CC(=O)O[C@@H]1C(=O)N(Sc2ccccc2)[C@H]1C(C)(C)C. The van der Waals surface area contributed by atoms with E-state index in [4.69, 9.17) is 4.74 Å². The zero-order valence-corrected chi connectivity index (χ0v) is 12.9. The van der Waals surface area contributed by atoms with Crippen molar-refractivity contribution >= 4 is 23.8 Å². The summed E-state index contributed by atoms with van der Waals surface area (Å²) in [4.78, 5) is 24.3. The van der Waals surface area contributed by atoms with Gasteiger partial charge in [-0.25, -0.2) is 0 Å². The number of β-lactam (4-membered cyclic amide) rings is 1.